The monoisotopic (exact) mass is 180 g/mol. The van der Waals surface area contributed by atoms with Crippen molar-refractivity contribution in [2.75, 3.05) is 0 Å². The van der Waals surface area contributed by atoms with Crippen LogP contribution in [0.1, 0.15) is 20.3 Å². The van der Waals surface area contributed by atoms with Crippen molar-refractivity contribution in [3.05, 3.63) is 22.5 Å². The van der Waals surface area contributed by atoms with Crippen LogP contribution in [0, 0.1) is 0 Å². The lowest BCUT2D eigenvalue weighted by Crippen LogP contribution is -2.30. The molecule has 0 heterocycles. The van der Waals surface area contributed by atoms with Gasteiger partial charge in [-0.2, -0.15) is 0 Å². The maximum atomic E-state index is 11.4. The van der Waals surface area contributed by atoms with Gasteiger partial charge in [0.1, 0.15) is 0 Å². The van der Waals surface area contributed by atoms with E-state index >= 15 is 0 Å². The minimum Gasteiger partial charge on any atom is -0.395 e. The minimum absolute atomic E-state index is 0.0241. The number of carbonyl (C=O) groups is 2. The summed E-state index contributed by atoms with van der Waals surface area (Å²) in [6, 6.07) is 0. The maximum absolute atomic E-state index is 11.4. The van der Waals surface area contributed by atoms with Crippen molar-refractivity contribution >= 4 is 11.6 Å². The van der Waals surface area contributed by atoms with Crippen molar-refractivity contribution < 1.29 is 9.59 Å². The van der Waals surface area contributed by atoms with E-state index in [1.807, 2.05) is 0 Å². The first-order chi connectivity index (χ1) is 6.00. The summed E-state index contributed by atoms with van der Waals surface area (Å²) in [5, 5.41) is 0. The van der Waals surface area contributed by atoms with Crippen molar-refractivity contribution in [1.82, 2.24) is 0 Å². The quantitative estimate of drug-likeness (QED) is 0.556. The van der Waals surface area contributed by atoms with Gasteiger partial charge in [0.25, 0.3) is 0 Å². The number of Topliss-reactive ketones (excluding diaryl/α,β-unsaturated/α-hetero) is 2. The molecule has 70 valence electrons. The lowest BCUT2D eigenvalue weighted by Gasteiger charge is -2.16. The Bertz CT molecular complexity index is 351. The third-order valence-electron chi connectivity index (χ3n) is 2.19. The first-order valence-electron chi connectivity index (χ1n) is 4.05. The van der Waals surface area contributed by atoms with Crippen molar-refractivity contribution in [3.63, 3.8) is 0 Å². The van der Waals surface area contributed by atoms with E-state index < -0.39 is 0 Å². The number of hydrogen-bond donors (Lipinski definition) is 2. The molecule has 4 heteroatoms. The van der Waals surface area contributed by atoms with E-state index in [9.17, 15) is 9.59 Å². The van der Waals surface area contributed by atoms with Gasteiger partial charge in [0, 0.05) is 11.1 Å². The van der Waals surface area contributed by atoms with Crippen molar-refractivity contribution in [3.8, 4) is 0 Å². The summed E-state index contributed by atoms with van der Waals surface area (Å²) in [5.41, 5.74) is 11.6. The molecule has 4 N–H and O–H groups in total. The average Bonchev–Trinajstić information content (AvgIpc) is 2.13. The molecule has 0 spiro atoms. The topological polar surface area (TPSA) is 86.2 Å². The van der Waals surface area contributed by atoms with Crippen LogP contribution in [0.25, 0.3) is 0 Å². The second-order valence-corrected chi connectivity index (χ2v) is 2.94. The van der Waals surface area contributed by atoms with Crippen LogP contribution in [0.5, 0.6) is 0 Å². The van der Waals surface area contributed by atoms with E-state index in [2.05, 4.69) is 0 Å². The number of carbonyl (C=O) groups excluding carboxylic acids is 2. The Morgan fingerprint density at radius 3 is 2.08 bits per heavy atom. The molecule has 1 rings (SSSR count). The van der Waals surface area contributed by atoms with Crippen LogP contribution in [0.15, 0.2) is 22.5 Å². The summed E-state index contributed by atoms with van der Waals surface area (Å²) >= 11 is 0. The number of rotatable bonds is 1. The first-order valence-corrected chi connectivity index (χ1v) is 4.05. The Hall–Kier alpha value is -1.58. The fourth-order valence-corrected chi connectivity index (χ4v) is 1.27. The molecular formula is C9H12N2O2. The maximum Gasteiger partial charge on any atom is 0.207 e. The summed E-state index contributed by atoms with van der Waals surface area (Å²) in [5.74, 6) is -0.633. The smallest absolute Gasteiger partial charge is 0.207 e. The molecular weight excluding hydrogens is 168 g/mol. The van der Waals surface area contributed by atoms with E-state index in [1.54, 1.807) is 6.92 Å². The third-order valence-corrected chi connectivity index (χ3v) is 2.19. The summed E-state index contributed by atoms with van der Waals surface area (Å²) in [4.78, 5) is 22.8. The minimum atomic E-state index is -0.325. The van der Waals surface area contributed by atoms with Crippen LogP contribution >= 0.6 is 0 Å². The van der Waals surface area contributed by atoms with Gasteiger partial charge < -0.3 is 11.5 Å². The van der Waals surface area contributed by atoms with Crippen LogP contribution in [0.4, 0.5) is 0 Å². The highest BCUT2D eigenvalue weighted by molar-refractivity contribution is 6.24. The largest absolute Gasteiger partial charge is 0.395 e. The highest BCUT2D eigenvalue weighted by Gasteiger charge is 2.27. The fraction of sp³-hybridized carbons (Fsp3) is 0.333. The van der Waals surface area contributed by atoms with Crippen LogP contribution in [0.2, 0.25) is 0 Å². The molecule has 0 aromatic heterocycles. The third kappa shape index (κ3) is 1.24. The molecule has 13 heavy (non-hydrogen) atoms. The Balaban J connectivity index is 3.29. The number of hydrogen-bond acceptors (Lipinski definition) is 4. The normalized spacial score (nSPS) is 18.6. The van der Waals surface area contributed by atoms with Crippen LogP contribution in [-0.2, 0) is 9.59 Å². The molecule has 0 radical (unpaired) electrons. The van der Waals surface area contributed by atoms with E-state index in [0.29, 0.717) is 12.0 Å². The van der Waals surface area contributed by atoms with Crippen molar-refractivity contribution in [2.45, 2.75) is 20.3 Å². The number of nitrogens with two attached hydrogens (primary N) is 2. The molecule has 0 atom stereocenters. The number of ketones is 2. The Morgan fingerprint density at radius 1 is 1.08 bits per heavy atom. The predicted molar refractivity (Wildman–Crippen MR) is 48.4 cm³/mol. The molecule has 0 fully saturated rings. The van der Waals surface area contributed by atoms with Gasteiger partial charge in [0.2, 0.25) is 11.6 Å². The highest BCUT2D eigenvalue weighted by Crippen LogP contribution is 2.20. The van der Waals surface area contributed by atoms with E-state index in [0.717, 1.165) is 0 Å². The van der Waals surface area contributed by atoms with Gasteiger partial charge in [0.15, 0.2) is 0 Å². The Kier molecular flexibility index (Phi) is 2.23. The molecule has 0 bridgehead atoms. The average molecular weight is 180 g/mol. The van der Waals surface area contributed by atoms with Crippen molar-refractivity contribution in [2.24, 2.45) is 11.5 Å². The Morgan fingerprint density at radius 2 is 1.62 bits per heavy atom. The predicted octanol–water partition coefficient (Wildman–Crippen LogP) is -0.00630. The standard InChI is InChI=1S/C9H12N2O2/c1-3-5-7(11)8(12)4(2)6(10)9(5)13/h3,10-11H2,1-2H3. The first kappa shape index (κ1) is 9.51. The molecule has 4 nitrogen and oxygen atoms in total. The summed E-state index contributed by atoms with van der Waals surface area (Å²) in [7, 11) is 0. The SMILES string of the molecule is CCC1=C(N)C(=O)C(C)=C(N)C1=O. The summed E-state index contributed by atoms with van der Waals surface area (Å²) < 4.78 is 0. The van der Waals surface area contributed by atoms with Gasteiger partial charge in [-0.15, -0.1) is 0 Å². The molecule has 0 aliphatic heterocycles. The van der Waals surface area contributed by atoms with E-state index in [1.165, 1.54) is 6.92 Å². The van der Waals surface area contributed by atoms with Gasteiger partial charge in [-0.25, -0.2) is 0 Å². The molecule has 1 aliphatic rings. The molecule has 0 unspecified atom stereocenters. The van der Waals surface area contributed by atoms with Crippen LogP contribution in [-0.4, -0.2) is 11.6 Å². The van der Waals surface area contributed by atoms with Gasteiger partial charge in [-0.1, -0.05) is 6.92 Å². The van der Waals surface area contributed by atoms with E-state index in [4.69, 9.17) is 11.5 Å². The fourth-order valence-electron chi connectivity index (χ4n) is 1.27. The van der Waals surface area contributed by atoms with Gasteiger partial charge in [-0.3, -0.25) is 9.59 Å². The second-order valence-electron chi connectivity index (χ2n) is 2.94. The lowest BCUT2D eigenvalue weighted by atomic mass is 9.91. The Labute approximate surface area is 76.3 Å². The van der Waals surface area contributed by atoms with E-state index in [-0.39, 0.29) is 28.5 Å². The lowest BCUT2D eigenvalue weighted by molar-refractivity contribution is -0.116. The summed E-state index contributed by atoms with van der Waals surface area (Å²) in [6.07, 6.45) is 0.435. The molecule has 0 aromatic carbocycles. The molecule has 1 aliphatic carbocycles. The molecule has 0 amide bonds. The molecule has 0 saturated heterocycles. The zero-order chi connectivity index (χ0) is 10.2. The van der Waals surface area contributed by atoms with Gasteiger partial charge in [-0.05, 0) is 13.3 Å². The molecule has 0 aromatic rings. The van der Waals surface area contributed by atoms with Crippen molar-refractivity contribution in [1.29, 1.82) is 0 Å². The van der Waals surface area contributed by atoms with Crippen LogP contribution in [0.3, 0.4) is 0 Å². The molecule has 0 saturated carbocycles. The zero-order valence-corrected chi connectivity index (χ0v) is 7.68. The zero-order valence-electron chi connectivity index (χ0n) is 7.68. The highest BCUT2D eigenvalue weighted by atomic mass is 16.1. The second kappa shape index (κ2) is 3.05. The van der Waals surface area contributed by atoms with Crippen LogP contribution < -0.4 is 11.5 Å². The summed E-state index contributed by atoms with van der Waals surface area (Å²) in [6.45, 7) is 3.27. The number of allylic oxidation sites excluding steroid dienone is 2. The van der Waals surface area contributed by atoms with Gasteiger partial charge in [0.05, 0.1) is 11.4 Å². The van der Waals surface area contributed by atoms with Gasteiger partial charge >= 0.3 is 0 Å².